The molecule has 3 amide bonds. The van der Waals surface area contributed by atoms with E-state index in [-0.39, 0.29) is 17.0 Å². The van der Waals surface area contributed by atoms with Gasteiger partial charge < -0.3 is 31.7 Å². The Kier molecular flexibility index (Phi) is 8.29. The van der Waals surface area contributed by atoms with Crippen LogP contribution in [-0.4, -0.2) is 43.1 Å². The number of primary amides is 1. The Hall–Kier alpha value is -3.26. The monoisotopic (exact) mass is 399 g/mol. The molecule has 0 aliphatic heterocycles. The summed E-state index contributed by atoms with van der Waals surface area (Å²) in [6.07, 6.45) is 0.784. The first kappa shape index (κ1) is 22.0. The fraction of sp³-hybridized carbons (Fsp3) is 0.333. The molecule has 0 aromatic heterocycles. The molecule has 156 valence electrons. The Labute approximate surface area is 171 Å². The van der Waals surface area contributed by atoms with Gasteiger partial charge in [-0.1, -0.05) is 32.0 Å². The van der Waals surface area contributed by atoms with Crippen molar-refractivity contribution >= 4 is 29.0 Å². The van der Waals surface area contributed by atoms with Crippen molar-refractivity contribution in [1.29, 1.82) is 0 Å². The minimum absolute atomic E-state index is 0.113. The molecule has 8 heteroatoms. The lowest BCUT2D eigenvalue weighted by molar-refractivity contribution is 0.0997. The van der Waals surface area contributed by atoms with E-state index >= 15 is 0 Å². The lowest BCUT2D eigenvalue weighted by Gasteiger charge is -2.18. The van der Waals surface area contributed by atoms with Gasteiger partial charge in [0.05, 0.1) is 12.3 Å². The van der Waals surface area contributed by atoms with Crippen LogP contribution in [0.4, 0.5) is 21.9 Å². The van der Waals surface area contributed by atoms with Crippen LogP contribution < -0.4 is 26.8 Å². The zero-order chi connectivity index (χ0) is 21.2. The molecule has 0 bridgehead atoms. The van der Waals surface area contributed by atoms with E-state index in [0.717, 1.165) is 26.1 Å². The van der Waals surface area contributed by atoms with Crippen LogP contribution in [0.25, 0.3) is 0 Å². The Balaban J connectivity index is 2.07. The van der Waals surface area contributed by atoms with E-state index in [4.69, 9.17) is 16.2 Å². The molecule has 0 spiro atoms. The van der Waals surface area contributed by atoms with Crippen LogP contribution in [0.5, 0.6) is 5.75 Å². The fourth-order valence-electron chi connectivity index (χ4n) is 2.91. The number of para-hydroxylation sites is 1. The minimum Gasteiger partial charge on any atom is -0.493 e. The molecule has 2 aromatic carbocycles. The topological polar surface area (TPSA) is 123 Å². The Morgan fingerprint density at radius 3 is 2.31 bits per heavy atom. The number of anilines is 3. The Bertz CT molecular complexity index is 823. The highest BCUT2D eigenvalue weighted by Crippen LogP contribution is 2.29. The summed E-state index contributed by atoms with van der Waals surface area (Å²) in [7, 11) is 0. The quantitative estimate of drug-likeness (QED) is 0.361. The van der Waals surface area contributed by atoms with Gasteiger partial charge in [-0.15, -0.1) is 0 Å². The highest BCUT2D eigenvalue weighted by Gasteiger charge is 2.16. The number of nitrogen functional groups attached to an aromatic ring is 1. The van der Waals surface area contributed by atoms with Crippen molar-refractivity contribution in [2.45, 2.75) is 20.3 Å². The van der Waals surface area contributed by atoms with Crippen LogP contribution in [0, 0.1) is 0 Å². The number of hydrogen-bond donors (Lipinski definition) is 4. The molecule has 0 unspecified atom stereocenters. The second-order valence-electron chi connectivity index (χ2n) is 6.48. The second kappa shape index (κ2) is 10.9. The highest BCUT2D eigenvalue weighted by atomic mass is 16.5. The molecule has 0 atom stereocenters. The summed E-state index contributed by atoms with van der Waals surface area (Å²) in [6, 6.07) is 11.6. The number of nitrogens with one attached hydrogen (secondary N) is 2. The molecule has 8 nitrogen and oxygen atoms in total. The summed E-state index contributed by atoms with van der Waals surface area (Å²) >= 11 is 0. The van der Waals surface area contributed by atoms with E-state index in [0.29, 0.717) is 18.0 Å². The first-order chi connectivity index (χ1) is 13.9. The average Bonchev–Trinajstić information content (AvgIpc) is 2.68. The van der Waals surface area contributed by atoms with Crippen molar-refractivity contribution in [3.8, 4) is 5.75 Å². The number of hydrogen-bond acceptors (Lipinski definition) is 5. The molecule has 0 radical (unpaired) electrons. The van der Waals surface area contributed by atoms with E-state index in [1.807, 2.05) is 18.2 Å². The summed E-state index contributed by atoms with van der Waals surface area (Å²) < 4.78 is 5.78. The molecule has 29 heavy (non-hydrogen) atoms. The standard InChI is InChI=1S/C21H29N5O3/c1-3-26(4-2)11-8-12-29-18-14-16(13-17(22)19(18)20(23)27)25-21(28)24-15-9-6-5-7-10-15/h5-7,9-10,13-14H,3-4,8,11-12,22H2,1-2H3,(H2,23,27)(H2,24,25,28). The number of benzene rings is 2. The molecule has 0 saturated heterocycles. The van der Waals surface area contributed by atoms with Crippen molar-refractivity contribution < 1.29 is 14.3 Å². The van der Waals surface area contributed by atoms with Gasteiger partial charge in [0.1, 0.15) is 11.3 Å². The van der Waals surface area contributed by atoms with Crippen LogP contribution in [0.3, 0.4) is 0 Å². The highest BCUT2D eigenvalue weighted by molar-refractivity contribution is 6.04. The number of carbonyl (C=O) groups is 2. The molecule has 2 aromatic rings. The Morgan fingerprint density at radius 2 is 1.69 bits per heavy atom. The van der Waals surface area contributed by atoms with Crippen LogP contribution in [-0.2, 0) is 0 Å². The van der Waals surface area contributed by atoms with Crippen molar-refractivity contribution in [3.05, 3.63) is 48.0 Å². The maximum atomic E-state index is 12.2. The van der Waals surface area contributed by atoms with Crippen molar-refractivity contribution in [3.63, 3.8) is 0 Å². The van der Waals surface area contributed by atoms with Gasteiger partial charge in [0.25, 0.3) is 5.91 Å². The predicted molar refractivity (Wildman–Crippen MR) is 116 cm³/mol. The third-order valence-electron chi connectivity index (χ3n) is 4.44. The second-order valence-corrected chi connectivity index (χ2v) is 6.48. The smallest absolute Gasteiger partial charge is 0.323 e. The lowest BCUT2D eigenvalue weighted by atomic mass is 10.1. The molecular weight excluding hydrogens is 370 g/mol. The third kappa shape index (κ3) is 6.69. The van der Waals surface area contributed by atoms with Crippen molar-refractivity contribution in [2.75, 3.05) is 42.6 Å². The SMILES string of the molecule is CCN(CC)CCCOc1cc(NC(=O)Nc2ccccc2)cc(N)c1C(N)=O. The first-order valence-electron chi connectivity index (χ1n) is 9.66. The van der Waals surface area contributed by atoms with Gasteiger partial charge >= 0.3 is 6.03 Å². The summed E-state index contributed by atoms with van der Waals surface area (Å²) in [5, 5.41) is 5.41. The molecule has 0 saturated carbocycles. The molecule has 2 rings (SSSR count). The number of carbonyl (C=O) groups excluding carboxylic acids is 2. The molecule has 6 N–H and O–H groups in total. The van der Waals surface area contributed by atoms with Crippen LogP contribution in [0.2, 0.25) is 0 Å². The molecule has 0 heterocycles. The summed E-state index contributed by atoms with van der Waals surface area (Å²) in [6.45, 7) is 7.41. The van der Waals surface area contributed by atoms with E-state index in [2.05, 4.69) is 29.4 Å². The number of amides is 3. The van der Waals surface area contributed by atoms with Gasteiger partial charge in [0.15, 0.2) is 0 Å². The number of nitrogens with zero attached hydrogens (tertiary/aromatic N) is 1. The van der Waals surface area contributed by atoms with Gasteiger partial charge in [0.2, 0.25) is 0 Å². The zero-order valence-corrected chi connectivity index (χ0v) is 16.9. The minimum atomic E-state index is -0.679. The molecule has 0 aliphatic carbocycles. The maximum absolute atomic E-state index is 12.2. The van der Waals surface area contributed by atoms with Crippen LogP contribution in [0.1, 0.15) is 30.6 Å². The van der Waals surface area contributed by atoms with Crippen molar-refractivity contribution in [1.82, 2.24) is 4.90 Å². The fourth-order valence-corrected chi connectivity index (χ4v) is 2.91. The van der Waals surface area contributed by atoms with Gasteiger partial charge in [-0.2, -0.15) is 0 Å². The summed E-state index contributed by atoms with van der Waals surface area (Å²) in [5.74, 6) is -0.423. The number of nitrogens with two attached hydrogens (primary N) is 2. The molecule has 0 aliphatic rings. The number of rotatable bonds is 10. The van der Waals surface area contributed by atoms with Gasteiger partial charge in [-0.05, 0) is 37.7 Å². The van der Waals surface area contributed by atoms with E-state index in [9.17, 15) is 9.59 Å². The third-order valence-corrected chi connectivity index (χ3v) is 4.44. The summed E-state index contributed by atoms with van der Waals surface area (Å²) in [4.78, 5) is 26.3. The van der Waals surface area contributed by atoms with E-state index in [1.165, 1.54) is 6.07 Å². The normalized spacial score (nSPS) is 10.6. The zero-order valence-electron chi connectivity index (χ0n) is 16.9. The average molecular weight is 399 g/mol. The number of urea groups is 1. The van der Waals surface area contributed by atoms with Crippen molar-refractivity contribution in [2.24, 2.45) is 5.73 Å². The summed E-state index contributed by atoms with van der Waals surface area (Å²) in [5.41, 5.74) is 12.8. The van der Waals surface area contributed by atoms with Gasteiger partial charge in [-0.3, -0.25) is 4.79 Å². The van der Waals surface area contributed by atoms with Gasteiger partial charge in [0, 0.05) is 24.0 Å². The maximum Gasteiger partial charge on any atom is 0.323 e. The van der Waals surface area contributed by atoms with Gasteiger partial charge in [-0.25, -0.2) is 4.79 Å². The lowest BCUT2D eigenvalue weighted by Crippen LogP contribution is -2.25. The van der Waals surface area contributed by atoms with E-state index in [1.54, 1.807) is 18.2 Å². The van der Waals surface area contributed by atoms with Crippen LogP contribution >= 0.6 is 0 Å². The molecule has 0 fully saturated rings. The Morgan fingerprint density at radius 1 is 1.03 bits per heavy atom. The van der Waals surface area contributed by atoms with E-state index < -0.39 is 11.9 Å². The van der Waals surface area contributed by atoms with Crippen LogP contribution in [0.15, 0.2) is 42.5 Å². The number of ether oxygens (including phenoxy) is 1. The predicted octanol–water partition coefficient (Wildman–Crippen LogP) is 3.12. The first-order valence-corrected chi connectivity index (χ1v) is 9.66. The molecular formula is C21H29N5O3. The largest absolute Gasteiger partial charge is 0.493 e.